The molecule has 0 aliphatic carbocycles. The minimum Gasteiger partial charge on any atom is -0.480 e. The Morgan fingerprint density at radius 2 is 1.76 bits per heavy atom. The van der Waals surface area contributed by atoms with Gasteiger partial charge in [0.15, 0.2) is 0 Å². The largest absolute Gasteiger partial charge is 0.480 e. The number of carbonyl (C=O) groups excluding carboxylic acids is 2. The third-order valence-electron chi connectivity index (χ3n) is 5.11. The van der Waals surface area contributed by atoms with Crippen molar-refractivity contribution in [1.29, 1.82) is 0 Å². The van der Waals surface area contributed by atoms with E-state index in [0.29, 0.717) is 29.0 Å². The molecule has 178 valence electrons. The molecule has 0 fully saturated rings. The molecular weight excluding hydrogens is 456 g/mol. The molecule has 0 bridgehead atoms. The molecule has 0 saturated heterocycles. The number of benzene rings is 2. The quantitative estimate of drug-likeness (QED) is 0.352. The number of nitrogens with zero attached hydrogens (tertiary/aromatic N) is 2. The lowest BCUT2D eigenvalue weighted by atomic mass is 10.1. The number of fused-ring (bicyclic) bond motifs is 1. The van der Waals surface area contributed by atoms with E-state index in [9.17, 15) is 24.3 Å². The molecule has 1 atom stereocenters. The number of para-hydroxylation sites is 1. The summed E-state index contributed by atoms with van der Waals surface area (Å²) >= 11 is 1.33. The van der Waals surface area contributed by atoms with E-state index >= 15 is 0 Å². The molecule has 1 aromatic heterocycles. The van der Waals surface area contributed by atoms with Crippen LogP contribution in [0.3, 0.4) is 0 Å². The second-order valence-electron chi connectivity index (χ2n) is 7.61. The molecule has 0 radical (unpaired) electrons. The molecule has 0 saturated carbocycles. The van der Waals surface area contributed by atoms with Crippen LogP contribution in [0.25, 0.3) is 10.9 Å². The van der Waals surface area contributed by atoms with E-state index in [-0.39, 0.29) is 30.2 Å². The first-order chi connectivity index (χ1) is 16.3. The second-order valence-corrected chi connectivity index (χ2v) is 8.72. The van der Waals surface area contributed by atoms with E-state index < -0.39 is 17.9 Å². The van der Waals surface area contributed by atoms with Crippen LogP contribution in [0.15, 0.2) is 59.4 Å². The smallest absolute Gasteiger partial charge is 0.326 e. The highest BCUT2D eigenvalue weighted by Gasteiger charge is 2.20. The Hall–Kier alpha value is -3.66. The van der Waals surface area contributed by atoms with E-state index in [4.69, 9.17) is 0 Å². The SMILES string of the molecule is Cc1nc2ccccc2c(=O)n1CCSCC(=O)NCC(=O)NC(Cc1ccccc1)C(=O)O. The fourth-order valence-electron chi connectivity index (χ4n) is 3.39. The van der Waals surface area contributed by atoms with Crippen molar-refractivity contribution in [3.63, 3.8) is 0 Å². The molecule has 3 rings (SSSR count). The van der Waals surface area contributed by atoms with Gasteiger partial charge in [-0.25, -0.2) is 9.78 Å². The van der Waals surface area contributed by atoms with Gasteiger partial charge < -0.3 is 15.7 Å². The Kier molecular flexibility index (Phi) is 8.80. The van der Waals surface area contributed by atoms with Gasteiger partial charge in [-0.15, -0.1) is 0 Å². The second kappa shape index (κ2) is 12.0. The average molecular weight is 483 g/mol. The highest BCUT2D eigenvalue weighted by molar-refractivity contribution is 7.99. The number of aliphatic carboxylic acids is 1. The third kappa shape index (κ3) is 6.92. The summed E-state index contributed by atoms with van der Waals surface area (Å²) in [6, 6.07) is 15.0. The number of aromatic nitrogens is 2. The van der Waals surface area contributed by atoms with Gasteiger partial charge in [-0.2, -0.15) is 11.8 Å². The van der Waals surface area contributed by atoms with Crippen molar-refractivity contribution in [3.8, 4) is 0 Å². The summed E-state index contributed by atoms with van der Waals surface area (Å²) in [6.45, 7) is 1.86. The summed E-state index contributed by atoms with van der Waals surface area (Å²) in [5.41, 5.74) is 1.32. The van der Waals surface area contributed by atoms with E-state index in [0.717, 1.165) is 5.56 Å². The lowest BCUT2D eigenvalue weighted by Gasteiger charge is -2.15. The molecular formula is C24H26N4O5S. The summed E-state index contributed by atoms with van der Waals surface area (Å²) in [5.74, 6) is -0.851. The number of carboxylic acids is 1. The summed E-state index contributed by atoms with van der Waals surface area (Å²) < 4.78 is 1.58. The van der Waals surface area contributed by atoms with E-state index in [1.165, 1.54) is 11.8 Å². The summed E-state index contributed by atoms with van der Waals surface area (Å²) in [4.78, 5) is 52.7. The number of amides is 2. The summed E-state index contributed by atoms with van der Waals surface area (Å²) in [5, 5.41) is 14.8. The van der Waals surface area contributed by atoms with Crippen molar-refractivity contribution in [2.45, 2.75) is 25.9 Å². The molecule has 1 heterocycles. The third-order valence-corrected chi connectivity index (χ3v) is 6.04. The fourth-order valence-corrected chi connectivity index (χ4v) is 4.13. The predicted molar refractivity (Wildman–Crippen MR) is 131 cm³/mol. The Bertz CT molecular complexity index is 1230. The average Bonchev–Trinajstić information content (AvgIpc) is 2.82. The molecule has 3 aromatic rings. The van der Waals surface area contributed by atoms with Crippen molar-refractivity contribution in [1.82, 2.24) is 20.2 Å². The predicted octanol–water partition coefficient (Wildman–Crippen LogP) is 1.37. The van der Waals surface area contributed by atoms with Crippen LogP contribution in [0, 0.1) is 6.92 Å². The number of nitrogens with one attached hydrogen (secondary N) is 2. The highest BCUT2D eigenvalue weighted by Crippen LogP contribution is 2.09. The maximum atomic E-state index is 12.7. The van der Waals surface area contributed by atoms with Crippen LogP contribution in [0.5, 0.6) is 0 Å². The first-order valence-electron chi connectivity index (χ1n) is 10.7. The van der Waals surface area contributed by atoms with Gasteiger partial charge in [-0.3, -0.25) is 19.0 Å². The zero-order valence-corrected chi connectivity index (χ0v) is 19.5. The van der Waals surface area contributed by atoms with Crippen molar-refractivity contribution in [2.24, 2.45) is 0 Å². The van der Waals surface area contributed by atoms with Crippen LogP contribution < -0.4 is 16.2 Å². The normalized spacial score (nSPS) is 11.7. The summed E-state index contributed by atoms with van der Waals surface area (Å²) in [7, 11) is 0. The first kappa shape index (κ1) is 25.0. The molecule has 34 heavy (non-hydrogen) atoms. The highest BCUT2D eigenvalue weighted by atomic mass is 32.2. The van der Waals surface area contributed by atoms with Crippen LogP contribution in [-0.2, 0) is 27.3 Å². The molecule has 1 unspecified atom stereocenters. The fraction of sp³-hybridized carbons (Fsp3) is 0.292. The maximum absolute atomic E-state index is 12.7. The van der Waals surface area contributed by atoms with Gasteiger partial charge in [0.05, 0.1) is 23.2 Å². The molecule has 0 spiro atoms. The van der Waals surface area contributed by atoms with E-state index in [1.54, 1.807) is 54.0 Å². The number of hydrogen-bond donors (Lipinski definition) is 3. The van der Waals surface area contributed by atoms with Crippen molar-refractivity contribution >= 4 is 40.4 Å². The van der Waals surface area contributed by atoms with Crippen LogP contribution in [0.2, 0.25) is 0 Å². The Labute approximate surface area is 200 Å². The Morgan fingerprint density at radius 3 is 2.50 bits per heavy atom. The van der Waals surface area contributed by atoms with Gasteiger partial charge in [0, 0.05) is 18.7 Å². The topological polar surface area (TPSA) is 130 Å². The van der Waals surface area contributed by atoms with Crippen molar-refractivity contribution in [2.75, 3.05) is 18.1 Å². The van der Waals surface area contributed by atoms with Gasteiger partial charge in [-0.05, 0) is 24.6 Å². The number of carbonyl (C=O) groups is 3. The standard InChI is InChI=1S/C24H26N4O5S/c1-16-26-19-10-6-5-9-18(19)23(31)28(16)11-12-34-15-22(30)25-14-21(29)27-20(24(32)33)13-17-7-3-2-4-8-17/h2-10,20H,11-15H2,1H3,(H,25,30)(H,27,29)(H,32,33). The first-order valence-corrected chi connectivity index (χ1v) is 11.9. The minimum atomic E-state index is -1.15. The number of hydrogen-bond acceptors (Lipinski definition) is 6. The molecule has 3 N–H and O–H groups in total. The monoisotopic (exact) mass is 482 g/mol. The van der Waals surface area contributed by atoms with Crippen LogP contribution in [0.4, 0.5) is 0 Å². The minimum absolute atomic E-state index is 0.106. The van der Waals surface area contributed by atoms with Gasteiger partial charge in [0.2, 0.25) is 11.8 Å². The zero-order chi connectivity index (χ0) is 24.5. The summed E-state index contributed by atoms with van der Waals surface area (Å²) in [6.07, 6.45) is 0.147. The molecule has 2 aromatic carbocycles. The van der Waals surface area contributed by atoms with Gasteiger partial charge >= 0.3 is 5.97 Å². The maximum Gasteiger partial charge on any atom is 0.326 e. The number of carboxylic acid groups (broad SMARTS) is 1. The molecule has 0 aliphatic rings. The van der Waals surface area contributed by atoms with Crippen LogP contribution >= 0.6 is 11.8 Å². The van der Waals surface area contributed by atoms with Crippen LogP contribution in [0.1, 0.15) is 11.4 Å². The molecule has 0 aliphatic heterocycles. The van der Waals surface area contributed by atoms with Gasteiger partial charge in [0.25, 0.3) is 5.56 Å². The van der Waals surface area contributed by atoms with Crippen LogP contribution in [-0.4, -0.2) is 56.5 Å². The lowest BCUT2D eigenvalue weighted by molar-refractivity contribution is -0.141. The van der Waals surface area contributed by atoms with Crippen molar-refractivity contribution in [3.05, 3.63) is 76.3 Å². The number of thioether (sulfide) groups is 1. The lowest BCUT2D eigenvalue weighted by Crippen LogP contribution is -2.46. The van der Waals surface area contributed by atoms with Gasteiger partial charge in [0.1, 0.15) is 11.9 Å². The molecule has 10 heteroatoms. The number of rotatable bonds is 11. The Balaban J connectivity index is 1.41. The van der Waals surface area contributed by atoms with E-state index in [2.05, 4.69) is 15.6 Å². The number of aryl methyl sites for hydroxylation is 1. The zero-order valence-electron chi connectivity index (χ0n) is 18.7. The Morgan fingerprint density at radius 1 is 1.06 bits per heavy atom. The molecule has 9 nitrogen and oxygen atoms in total. The van der Waals surface area contributed by atoms with Crippen molar-refractivity contribution < 1.29 is 19.5 Å². The van der Waals surface area contributed by atoms with Gasteiger partial charge in [-0.1, -0.05) is 42.5 Å². The van der Waals surface area contributed by atoms with E-state index in [1.807, 2.05) is 12.1 Å². The molecule has 2 amide bonds.